The normalized spacial score (nSPS) is 18.1. The minimum atomic E-state index is -0.323. The maximum absolute atomic E-state index is 9.14. The van der Waals surface area contributed by atoms with Gasteiger partial charge < -0.3 is 0 Å². The first-order valence-electron chi connectivity index (χ1n) is 4.38. The van der Waals surface area contributed by atoms with Gasteiger partial charge >= 0.3 is 88.5 Å². The Bertz CT molecular complexity index is 390. The van der Waals surface area contributed by atoms with E-state index in [2.05, 4.69) is 6.08 Å². The average molecular weight is 255 g/mol. The molecule has 1 aliphatic rings. The summed E-state index contributed by atoms with van der Waals surface area (Å²) in [5.41, 5.74) is 1.16. The van der Waals surface area contributed by atoms with Crippen LogP contribution in [0, 0.1) is 0 Å². The molecule has 3 heteroatoms. The van der Waals surface area contributed by atoms with E-state index in [4.69, 9.17) is 10.2 Å². The second-order valence-corrected chi connectivity index (χ2v) is 6.10. The number of aliphatic hydroxyl groups is 1. The van der Waals surface area contributed by atoms with Crippen molar-refractivity contribution in [2.24, 2.45) is 0 Å². The molecule has 74 valence electrons. The molecular formula is C11H12O2Se. The van der Waals surface area contributed by atoms with Crippen molar-refractivity contribution in [1.29, 1.82) is 0 Å². The number of aromatic hydroxyl groups is 1. The van der Waals surface area contributed by atoms with Crippen molar-refractivity contribution in [2.45, 2.75) is 0 Å². The van der Waals surface area contributed by atoms with Gasteiger partial charge in [-0.1, -0.05) is 0 Å². The Hall–Kier alpha value is -1.02. The Balaban J connectivity index is 2.16. The standard InChI is InChI=1S/C11H12O2Se/c12-7-10-5-6-11(14-10)8-1-3-9(13)4-2-8/h1-6,12-13H,7,14H2. The number of hydrogen-bond acceptors (Lipinski definition) is 2. The molecule has 1 aliphatic heterocycles. The predicted molar refractivity (Wildman–Crippen MR) is 59.8 cm³/mol. The summed E-state index contributed by atoms with van der Waals surface area (Å²) in [5.74, 6) is 0.294. The van der Waals surface area contributed by atoms with E-state index in [9.17, 15) is 0 Å². The summed E-state index contributed by atoms with van der Waals surface area (Å²) in [6.45, 7) is 0.179. The third kappa shape index (κ3) is 1.90. The third-order valence-corrected chi connectivity index (χ3v) is 4.97. The van der Waals surface area contributed by atoms with E-state index in [1.54, 1.807) is 12.1 Å². The number of benzene rings is 1. The Morgan fingerprint density at radius 2 is 1.79 bits per heavy atom. The zero-order valence-corrected chi connectivity index (χ0v) is 9.66. The zero-order chi connectivity index (χ0) is 9.97. The second kappa shape index (κ2) is 4.01. The summed E-state index contributed by atoms with van der Waals surface area (Å²) >= 11 is -0.323. The molecule has 0 saturated carbocycles. The fourth-order valence-corrected chi connectivity index (χ4v) is 3.59. The molecule has 2 N–H and O–H groups in total. The van der Waals surface area contributed by atoms with Crippen molar-refractivity contribution >= 4 is 19.4 Å². The molecular weight excluding hydrogens is 243 g/mol. The van der Waals surface area contributed by atoms with Crippen LogP contribution in [0.2, 0.25) is 0 Å². The van der Waals surface area contributed by atoms with Gasteiger partial charge in [0.25, 0.3) is 0 Å². The first kappa shape index (κ1) is 9.53. The molecule has 0 atom stereocenters. The first-order valence-corrected chi connectivity index (χ1v) is 6.47. The van der Waals surface area contributed by atoms with Crippen molar-refractivity contribution in [3.05, 3.63) is 46.5 Å². The van der Waals surface area contributed by atoms with Gasteiger partial charge in [0.1, 0.15) is 0 Å². The van der Waals surface area contributed by atoms with Gasteiger partial charge in [0, 0.05) is 0 Å². The van der Waals surface area contributed by atoms with Gasteiger partial charge in [-0.2, -0.15) is 0 Å². The molecule has 2 rings (SSSR count). The SMILES string of the molecule is OCC1=CC=C(c2ccc(O)cc2)[SeH2]1. The van der Waals surface area contributed by atoms with Gasteiger partial charge in [0.15, 0.2) is 0 Å². The third-order valence-electron chi connectivity index (χ3n) is 2.10. The molecule has 0 radical (unpaired) electrons. The van der Waals surface area contributed by atoms with Gasteiger partial charge in [-0.15, -0.1) is 0 Å². The quantitative estimate of drug-likeness (QED) is 0.767. The monoisotopic (exact) mass is 256 g/mol. The average Bonchev–Trinajstić information content (AvgIpc) is 2.67. The first-order chi connectivity index (χ1) is 6.79. The van der Waals surface area contributed by atoms with Crippen LogP contribution in [0.15, 0.2) is 40.9 Å². The van der Waals surface area contributed by atoms with Crippen LogP contribution in [0.3, 0.4) is 0 Å². The minimum absolute atomic E-state index is 0.179. The summed E-state index contributed by atoms with van der Waals surface area (Å²) < 4.78 is 2.47. The van der Waals surface area contributed by atoms with Gasteiger partial charge in [-0.05, 0) is 0 Å². The molecule has 0 bridgehead atoms. The fourth-order valence-electron chi connectivity index (χ4n) is 1.34. The molecule has 0 fully saturated rings. The Labute approximate surface area is 88.7 Å². The van der Waals surface area contributed by atoms with Crippen LogP contribution in [0.4, 0.5) is 0 Å². The summed E-state index contributed by atoms with van der Waals surface area (Å²) in [5, 5.41) is 18.1. The number of phenols is 1. The van der Waals surface area contributed by atoms with Crippen LogP contribution in [0.25, 0.3) is 4.47 Å². The number of aliphatic hydroxyl groups excluding tert-OH is 1. The Morgan fingerprint density at radius 3 is 2.36 bits per heavy atom. The van der Waals surface area contributed by atoms with Gasteiger partial charge in [0.2, 0.25) is 0 Å². The van der Waals surface area contributed by atoms with E-state index < -0.39 is 0 Å². The Kier molecular flexibility index (Phi) is 2.73. The van der Waals surface area contributed by atoms with Crippen molar-refractivity contribution in [1.82, 2.24) is 0 Å². The van der Waals surface area contributed by atoms with E-state index in [1.165, 1.54) is 4.47 Å². The van der Waals surface area contributed by atoms with Gasteiger partial charge in [0.05, 0.1) is 0 Å². The van der Waals surface area contributed by atoms with E-state index in [0.717, 1.165) is 10.0 Å². The zero-order valence-electron chi connectivity index (χ0n) is 7.57. The van der Waals surface area contributed by atoms with Crippen LogP contribution < -0.4 is 0 Å². The number of rotatable bonds is 2. The molecule has 0 aromatic heterocycles. The number of allylic oxidation sites excluding steroid dienone is 2. The predicted octanol–water partition coefficient (Wildman–Crippen LogP) is 0.792. The molecule has 1 aromatic carbocycles. The van der Waals surface area contributed by atoms with Crippen molar-refractivity contribution < 1.29 is 10.2 Å². The van der Waals surface area contributed by atoms with E-state index in [0.29, 0.717) is 5.75 Å². The molecule has 0 unspecified atom stereocenters. The van der Waals surface area contributed by atoms with Crippen LogP contribution in [0.1, 0.15) is 5.56 Å². The summed E-state index contributed by atoms with van der Waals surface area (Å²) in [4.78, 5) is 0. The molecule has 0 amide bonds. The van der Waals surface area contributed by atoms with Crippen LogP contribution >= 0.6 is 0 Å². The van der Waals surface area contributed by atoms with Crippen LogP contribution in [-0.2, 0) is 0 Å². The van der Waals surface area contributed by atoms with Crippen molar-refractivity contribution in [3.8, 4) is 5.75 Å². The summed E-state index contributed by atoms with van der Waals surface area (Å²) in [6, 6.07) is 7.22. The molecule has 2 nitrogen and oxygen atoms in total. The van der Waals surface area contributed by atoms with E-state index >= 15 is 0 Å². The van der Waals surface area contributed by atoms with E-state index in [1.807, 2.05) is 18.2 Å². The van der Waals surface area contributed by atoms with Gasteiger partial charge in [-0.3, -0.25) is 0 Å². The summed E-state index contributed by atoms with van der Waals surface area (Å²) in [6.07, 6.45) is 4.07. The Morgan fingerprint density at radius 1 is 1.07 bits per heavy atom. The van der Waals surface area contributed by atoms with Crippen molar-refractivity contribution in [3.63, 3.8) is 0 Å². The molecule has 0 spiro atoms. The topological polar surface area (TPSA) is 40.5 Å². The molecule has 0 aliphatic carbocycles. The van der Waals surface area contributed by atoms with E-state index in [-0.39, 0.29) is 21.6 Å². The molecule has 1 heterocycles. The van der Waals surface area contributed by atoms with Crippen LogP contribution in [-0.4, -0.2) is 31.8 Å². The van der Waals surface area contributed by atoms with Crippen molar-refractivity contribution in [2.75, 3.05) is 6.61 Å². The fraction of sp³-hybridized carbons (Fsp3) is 0.0909. The molecule has 1 aromatic rings. The molecule has 14 heavy (non-hydrogen) atoms. The number of hydrogen-bond donors (Lipinski definition) is 2. The second-order valence-electron chi connectivity index (χ2n) is 3.10. The maximum atomic E-state index is 9.14. The summed E-state index contributed by atoms with van der Waals surface area (Å²) in [7, 11) is 0. The number of phenolic OH excluding ortho intramolecular Hbond substituents is 1. The van der Waals surface area contributed by atoms with Gasteiger partial charge in [-0.25, -0.2) is 0 Å². The molecule has 0 saturated heterocycles. The van der Waals surface area contributed by atoms with Crippen LogP contribution in [0.5, 0.6) is 5.75 Å².